The Balaban J connectivity index is 1.61. The molecule has 2 N–H and O–H groups in total. The van der Waals surface area contributed by atoms with Crippen molar-refractivity contribution in [1.82, 2.24) is 14.8 Å². The van der Waals surface area contributed by atoms with Crippen LogP contribution in [0.3, 0.4) is 0 Å². The van der Waals surface area contributed by atoms with E-state index in [0.717, 1.165) is 12.1 Å². The lowest BCUT2D eigenvalue weighted by Crippen LogP contribution is -2.09. The first kappa shape index (κ1) is 26.4. The molecule has 0 saturated heterocycles. The number of aromatic hydroxyl groups is 1. The molecule has 0 aliphatic rings. The van der Waals surface area contributed by atoms with Crippen LogP contribution in [0.5, 0.6) is 5.75 Å². The highest BCUT2D eigenvalue weighted by Crippen LogP contribution is 2.30. The summed E-state index contributed by atoms with van der Waals surface area (Å²) in [5.41, 5.74) is 3.88. The van der Waals surface area contributed by atoms with E-state index >= 15 is 0 Å². The fourth-order valence-corrected chi connectivity index (χ4v) is 4.12. The Hall–Kier alpha value is -6.25. The number of pyridine rings is 1. The largest absolute Gasteiger partial charge is 0.507 e. The number of hydrogen-bond acceptors (Lipinski definition) is 11. The number of nitro groups is 3. The SMILES string of the molecule is Cc1nn(-c2ccc([N+](=O)[O-])cc2)c2ncc(/C(=N/Nc3ccc([N+](=O)[O-])cc3[N+](=O)[O-])c3ccccc3O)cc12. The zero-order valence-electron chi connectivity index (χ0n) is 21.0. The Morgan fingerprint density at radius 1 is 0.902 bits per heavy atom. The first-order valence-corrected chi connectivity index (χ1v) is 11.8. The van der Waals surface area contributed by atoms with Gasteiger partial charge >= 0.3 is 5.69 Å². The highest BCUT2D eigenvalue weighted by atomic mass is 16.6. The van der Waals surface area contributed by atoms with Crippen LogP contribution in [-0.2, 0) is 0 Å². The Kier molecular flexibility index (Phi) is 6.74. The van der Waals surface area contributed by atoms with E-state index in [4.69, 9.17) is 0 Å². The van der Waals surface area contributed by atoms with Crippen LogP contribution < -0.4 is 5.43 Å². The van der Waals surface area contributed by atoms with Crippen LogP contribution in [0.25, 0.3) is 16.7 Å². The van der Waals surface area contributed by atoms with Gasteiger partial charge in [0.2, 0.25) is 0 Å². The fourth-order valence-electron chi connectivity index (χ4n) is 4.12. The molecule has 2 aromatic heterocycles. The zero-order valence-corrected chi connectivity index (χ0v) is 21.0. The topological polar surface area (TPSA) is 205 Å². The monoisotopic (exact) mass is 554 g/mol. The summed E-state index contributed by atoms with van der Waals surface area (Å²) in [6, 6.07) is 17.0. The summed E-state index contributed by atoms with van der Waals surface area (Å²) in [6.07, 6.45) is 1.47. The molecule has 0 aliphatic carbocycles. The average Bonchev–Trinajstić information content (AvgIpc) is 3.29. The lowest BCUT2D eigenvalue weighted by molar-refractivity contribution is -0.393. The predicted octanol–water partition coefficient (Wildman–Crippen LogP) is 5.02. The number of non-ortho nitro benzene ring substituents is 2. The molecule has 2 heterocycles. The summed E-state index contributed by atoms with van der Waals surface area (Å²) >= 11 is 0. The van der Waals surface area contributed by atoms with Crippen LogP contribution in [-0.4, -0.2) is 40.4 Å². The molecule has 15 heteroatoms. The molecule has 0 bridgehead atoms. The molecule has 0 unspecified atom stereocenters. The summed E-state index contributed by atoms with van der Waals surface area (Å²) < 4.78 is 1.54. The van der Waals surface area contributed by atoms with E-state index in [1.165, 1.54) is 35.1 Å². The number of phenolic OH excluding ortho intramolecular Hbond substituents is 1. The van der Waals surface area contributed by atoms with Crippen molar-refractivity contribution in [2.75, 3.05) is 5.43 Å². The van der Waals surface area contributed by atoms with Crippen molar-refractivity contribution in [2.24, 2.45) is 5.10 Å². The number of nitrogens with zero attached hydrogens (tertiary/aromatic N) is 7. The molecule has 204 valence electrons. The number of rotatable bonds is 8. The van der Waals surface area contributed by atoms with E-state index in [2.05, 4.69) is 20.6 Å². The minimum atomic E-state index is -0.770. The number of aromatic nitrogens is 3. The van der Waals surface area contributed by atoms with E-state index in [9.17, 15) is 35.4 Å². The Morgan fingerprint density at radius 2 is 1.59 bits per heavy atom. The second-order valence-corrected chi connectivity index (χ2v) is 8.67. The summed E-state index contributed by atoms with van der Waals surface area (Å²) in [7, 11) is 0. The number of benzene rings is 3. The van der Waals surface area contributed by atoms with Gasteiger partial charge in [0.25, 0.3) is 11.4 Å². The number of para-hydroxylation sites is 1. The third-order valence-electron chi connectivity index (χ3n) is 6.12. The summed E-state index contributed by atoms with van der Waals surface area (Å²) in [6.45, 7) is 1.75. The molecule has 5 aromatic rings. The number of aryl methyl sites for hydroxylation is 1. The Morgan fingerprint density at radius 3 is 2.24 bits per heavy atom. The maximum atomic E-state index is 11.6. The number of phenols is 1. The molecule has 0 saturated carbocycles. The van der Waals surface area contributed by atoms with Crippen LogP contribution in [0.4, 0.5) is 22.7 Å². The molecule has 0 fully saturated rings. The molecule has 0 radical (unpaired) electrons. The second-order valence-electron chi connectivity index (χ2n) is 8.67. The average molecular weight is 554 g/mol. The van der Waals surface area contributed by atoms with E-state index in [0.29, 0.717) is 28.0 Å². The van der Waals surface area contributed by atoms with Crippen molar-refractivity contribution in [3.05, 3.63) is 126 Å². The van der Waals surface area contributed by atoms with E-state index in [1.807, 2.05) is 0 Å². The van der Waals surface area contributed by atoms with Crippen molar-refractivity contribution in [1.29, 1.82) is 0 Å². The van der Waals surface area contributed by atoms with Gasteiger partial charge in [0.1, 0.15) is 17.1 Å². The number of anilines is 1. The van der Waals surface area contributed by atoms with Gasteiger partial charge in [0.15, 0.2) is 5.65 Å². The number of nitrogens with one attached hydrogen (secondary N) is 1. The Labute approximate surface area is 229 Å². The maximum absolute atomic E-state index is 11.6. The summed E-state index contributed by atoms with van der Waals surface area (Å²) in [5.74, 6) is -0.121. The van der Waals surface area contributed by atoms with Crippen molar-refractivity contribution in [2.45, 2.75) is 6.92 Å². The standard InChI is InChI=1S/C26H18N8O7/c1-15-21-12-16(14-27-26(21)31(30-15)17-6-8-18(9-7-17)32(36)37)25(20-4-2-3-5-24(20)35)29-28-22-11-10-19(33(38)39)13-23(22)34(40)41/h2-14,28,35H,1H3/b29-25-. The molecule has 0 aliphatic heterocycles. The first-order valence-electron chi connectivity index (χ1n) is 11.8. The van der Waals surface area contributed by atoms with Crippen LogP contribution in [0.1, 0.15) is 16.8 Å². The molecule has 0 amide bonds. The van der Waals surface area contributed by atoms with Crippen LogP contribution in [0.15, 0.2) is 84.1 Å². The smallest absolute Gasteiger partial charge is 0.301 e. The summed E-state index contributed by atoms with van der Waals surface area (Å²) in [5, 5.41) is 53.8. The van der Waals surface area contributed by atoms with Gasteiger partial charge < -0.3 is 5.11 Å². The number of nitro benzene ring substituents is 3. The van der Waals surface area contributed by atoms with Crippen molar-refractivity contribution >= 4 is 39.5 Å². The van der Waals surface area contributed by atoms with E-state index in [1.54, 1.807) is 43.3 Å². The second kappa shape index (κ2) is 10.5. The van der Waals surface area contributed by atoms with Crippen molar-refractivity contribution < 1.29 is 19.9 Å². The minimum absolute atomic E-state index is 0.0681. The lowest BCUT2D eigenvalue weighted by atomic mass is 10.0. The van der Waals surface area contributed by atoms with E-state index in [-0.39, 0.29) is 28.4 Å². The van der Waals surface area contributed by atoms with Gasteiger partial charge in [0.05, 0.1) is 32.2 Å². The molecular weight excluding hydrogens is 536 g/mol. The van der Waals surface area contributed by atoms with Crippen molar-refractivity contribution in [3.8, 4) is 11.4 Å². The maximum Gasteiger partial charge on any atom is 0.301 e. The molecule has 41 heavy (non-hydrogen) atoms. The van der Waals surface area contributed by atoms with Gasteiger partial charge in [-0.1, -0.05) is 12.1 Å². The zero-order chi connectivity index (χ0) is 29.3. The third kappa shape index (κ3) is 5.09. The van der Waals surface area contributed by atoms with Gasteiger partial charge in [-0.25, -0.2) is 9.67 Å². The van der Waals surface area contributed by atoms with Crippen LogP contribution >= 0.6 is 0 Å². The molecule has 5 rings (SSSR count). The van der Waals surface area contributed by atoms with Gasteiger partial charge in [-0.05, 0) is 43.3 Å². The molecule has 0 atom stereocenters. The van der Waals surface area contributed by atoms with Gasteiger partial charge in [-0.2, -0.15) is 10.2 Å². The summed E-state index contributed by atoms with van der Waals surface area (Å²) in [4.78, 5) is 36.2. The van der Waals surface area contributed by atoms with Gasteiger partial charge in [-0.15, -0.1) is 0 Å². The lowest BCUT2D eigenvalue weighted by Gasteiger charge is -2.11. The number of hydrazone groups is 1. The molecule has 0 spiro atoms. The number of hydrogen-bond donors (Lipinski definition) is 2. The van der Waals surface area contributed by atoms with E-state index < -0.39 is 26.1 Å². The highest BCUT2D eigenvalue weighted by molar-refractivity contribution is 6.15. The van der Waals surface area contributed by atoms with Gasteiger partial charge in [0, 0.05) is 40.9 Å². The molecule has 3 aromatic carbocycles. The van der Waals surface area contributed by atoms with Gasteiger partial charge in [-0.3, -0.25) is 35.8 Å². The number of fused-ring (bicyclic) bond motifs is 1. The predicted molar refractivity (Wildman–Crippen MR) is 147 cm³/mol. The van der Waals surface area contributed by atoms with Crippen LogP contribution in [0, 0.1) is 37.3 Å². The normalized spacial score (nSPS) is 11.4. The Bertz CT molecular complexity index is 1880. The molecule has 15 nitrogen and oxygen atoms in total. The minimum Gasteiger partial charge on any atom is -0.507 e. The highest BCUT2D eigenvalue weighted by Gasteiger charge is 2.21. The van der Waals surface area contributed by atoms with Crippen LogP contribution in [0.2, 0.25) is 0 Å². The fraction of sp³-hybridized carbons (Fsp3) is 0.0385. The van der Waals surface area contributed by atoms with Crippen molar-refractivity contribution in [3.63, 3.8) is 0 Å². The first-order chi connectivity index (χ1) is 19.6. The molecular formula is C26H18N8O7. The quantitative estimate of drug-likeness (QED) is 0.149. The third-order valence-corrected chi connectivity index (χ3v) is 6.12.